The molecule has 2 rings (SSSR count). The molecule has 2 unspecified atom stereocenters. The molecule has 0 aromatic rings. The maximum atomic E-state index is 12.7. The molecule has 0 spiro atoms. The van der Waals surface area contributed by atoms with Gasteiger partial charge in [0.15, 0.2) is 0 Å². The van der Waals surface area contributed by atoms with E-state index in [1.54, 1.807) is 0 Å². The first kappa shape index (κ1) is 16.8. The molecule has 1 saturated carbocycles. The van der Waals surface area contributed by atoms with Crippen LogP contribution in [0, 0.1) is 5.92 Å². The predicted molar refractivity (Wildman–Crippen MR) is 85.3 cm³/mol. The number of carbonyl (C=O) groups is 1. The summed E-state index contributed by atoms with van der Waals surface area (Å²) in [6, 6.07) is 0.476. The second-order valence-electron chi connectivity index (χ2n) is 6.58. The third kappa shape index (κ3) is 3.98. The third-order valence-corrected chi connectivity index (χ3v) is 5.23. The van der Waals surface area contributed by atoms with Crippen molar-refractivity contribution in [3.63, 3.8) is 0 Å². The number of ether oxygens (including phenoxy) is 1. The molecule has 122 valence electrons. The molecule has 0 aromatic carbocycles. The molecule has 0 radical (unpaired) electrons. The van der Waals surface area contributed by atoms with E-state index in [0.29, 0.717) is 18.6 Å². The molecule has 2 fully saturated rings. The Labute approximate surface area is 129 Å². The van der Waals surface area contributed by atoms with Crippen molar-refractivity contribution in [1.82, 2.24) is 10.6 Å². The summed E-state index contributed by atoms with van der Waals surface area (Å²) < 4.78 is 5.46. The van der Waals surface area contributed by atoms with Crippen LogP contribution in [0.4, 0.5) is 0 Å². The minimum atomic E-state index is -0.467. The highest BCUT2D eigenvalue weighted by atomic mass is 16.5. The summed E-state index contributed by atoms with van der Waals surface area (Å²) in [6.07, 6.45) is 9.49. The fraction of sp³-hybridized carbons (Fsp3) is 0.941. The number of rotatable bonds is 5. The Kier molecular flexibility index (Phi) is 6.49. The van der Waals surface area contributed by atoms with Gasteiger partial charge in [0.25, 0.3) is 0 Å². The lowest BCUT2D eigenvalue weighted by Gasteiger charge is -2.44. The molecule has 1 heterocycles. The average molecular weight is 296 g/mol. The Balaban J connectivity index is 2.15. The Morgan fingerprint density at radius 1 is 1.24 bits per heavy atom. The van der Waals surface area contributed by atoms with Crippen molar-refractivity contribution in [2.24, 2.45) is 5.92 Å². The van der Waals surface area contributed by atoms with Gasteiger partial charge in [-0.2, -0.15) is 0 Å². The zero-order chi connectivity index (χ0) is 15.1. The first-order valence-corrected chi connectivity index (χ1v) is 8.88. The van der Waals surface area contributed by atoms with E-state index in [1.807, 2.05) is 6.92 Å². The molecule has 4 heteroatoms. The van der Waals surface area contributed by atoms with Crippen LogP contribution in [0.1, 0.15) is 65.2 Å². The normalized spacial score (nSPS) is 31.6. The fourth-order valence-corrected chi connectivity index (χ4v) is 4.00. The number of nitrogens with one attached hydrogen (secondary N) is 2. The van der Waals surface area contributed by atoms with Gasteiger partial charge in [-0.15, -0.1) is 0 Å². The highest BCUT2D eigenvalue weighted by Gasteiger charge is 2.48. The zero-order valence-electron chi connectivity index (χ0n) is 13.7. The van der Waals surface area contributed by atoms with E-state index < -0.39 is 5.54 Å². The van der Waals surface area contributed by atoms with Crippen LogP contribution in [-0.2, 0) is 9.53 Å². The molecule has 2 aliphatic rings. The van der Waals surface area contributed by atoms with Crippen LogP contribution in [0.15, 0.2) is 0 Å². The van der Waals surface area contributed by atoms with Crippen molar-refractivity contribution >= 4 is 5.97 Å². The summed E-state index contributed by atoms with van der Waals surface area (Å²) in [5.74, 6) is 0.302. The van der Waals surface area contributed by atoms with Crippen molar-refractivity contribution in [3.8, 4) is 0 Å². The van der Waals surface area contributed by atoms with Crippen molar-refractivity contribution < 1.29 is 9.53 Å². The van der Waals surface area contributed by atoms with E-state index in [-0.39, 0.29) is 5.97 Å². The molecule has 1 aliphatic heterocycles. The van der Waals surface area contributed by atoms with E-state index in [2.05, 4.69) is 17.6 Å². The topological polar surface area (TPSA) is 50.4 Å². The SMILES string of the molecule is CCOC(=O)C1(NC2CCCCCC2)CCNCC1CC. The third-order valence-electron chi connectivity index (χ3n) is 5.23. The summed E-state index contributed by atoms with van der Waals surface area (Å²) in [5, 5.41) is 7.22. The Morgan fingerprint density at radius 3 is 2.57 bits per heavy atom. The van der Waals surface area contributed by atoms with Gasteiger partial charge in [0.1, 0.15) is 5.54 Å². The molecule has 0 bridgehead atoms. The number of piperidine rings is 1. The first-order chi connectivity index (χ1) is 10.2. The van der Waals surface area contributed by atoms with E-state index in [0.717, 1.165) is 25.9 Å². The monoisotopic (exact) mass is 296 g/mol. The van der Waals surface area contributed by atoms with Crippen LogP contribution in [0.5, 0.6) is 0 Å². The van der Waals surface area contributed by atoms with E-state index >= 15 is 0 Å². The second kappa shape index (κ2) is 8.14. The van der Waals surface area contributed by atoms with Crippen LogP contribution in [-0.4, -0.2) is 37.2 Å². The van der Waals surface area contributed by atoms with Gasteiger partial charge in [-0.3, -0.25) is 10.1 Å². The predicted octanol–water partition coefficient (Wildman–Crippen LogP) is 2.62. The van der Waals surface area contributed by atoms with Crippen molar-refractivity contribution in [3.05, 3.63) is 0 Å². The Hall–Kier alpha value is -0.610. The van der Waals surface area contributed by atoms with Gasteiger partial charge in [-0.25, -0.2) is 0 Å². The van der Waals surface area contributed by atoms with Crippen LogP contribution >= 0.6 is 0 Å². The lowest BCUT2D eigenvalue weighted by Crippen LogP contribution is -2.66. The van der Waals surface area contributed by atoms with Crippen LogP contribution in [0.3, 0.4) is 0 Å². The molecule has 2 N–H and O–H groups in total. The van der Waals surface area contributed by atoms with Crippen LogP contribution in [0.2, 0.25) is 0 Å². The molecular weight excluding hydrogens is 264 g/mol. The molecule has 2 atom stereocenters. The maximum absolute atomic E-state index is 12.7. The summed E-state index contributed by atoms with van der Waals surface area (Å²) in [5.41, 5.74) is -0.467. The van der Waals surface area contributed by atoms with Crippen molar-refractivity contribution in [2.75, 3.05) is 19.7 Å². The minimum absolute atomic E-state index is 0.0254. The molecule has 0 amide bonds. The largest absolute Gasteiger partial charge is 0.465 e. The van der Waals surface area contributed by atoms with Crippen molar-refractivity contribution in [2.45, 2.75) is 76.8 Å². The number of hydrogen-bond donors (Lipinski definition) is 2. The molecule has 1 aliphatic carbocycles. The van der Waals surface area contributed by atoms with E-state index in [1.165, 1.54) is 38.5 Å². The lowest BCUT2D eigenvalue weighted by atomic mass is 9.76. The maximum Gasteiger partial charge on any atom is 0.326 e. The highest BCUT2D eigenvalue weighted by molar-refractivity contribution is 5.81. The van der Waals surface area contributed by atoms with Gasteiger partial charge in [0.05, 0.1) is 6.61 Å². The summed E-state index contributed by atoms with van der Waals surface area (Å²) in [6.45, 7) is 6.36. The van der Waals surface area contributed by atoms with E-state index in [4.69, 9.17) is 4.74 Å². The zero-order valence-corrected chi connectivity index (χ0v) is 13.7. The number of esters is 1. The average Bonchev–Trinajstić information content (AvgIpc) is 2.76. The minimum Gasteiger partial charge on any atom is -0.465 e. The first-order valence-electron chi connectivity index (χ1n) is 8.88. The van der Waals surface area contributed by atoms with Gasteiger partial charge >= 0.3 is 5.97 Å². The van der Waals surface area contributed by atoms with Gasteiger partial charge in [0, 0.05) is 18.5 Å². The Bertz CT molecular complexity index is 327. The standard InChI is InChI=1S/C17H32N2O2/c1-3-14-13-18-12-11-17(14,16(20)21-4-2)19-15-9-7-5-6-8-10-15/h14-15,18-19H,3-13H2,1-2H3. The van der Waals surface area contributed by atoms with Gasteiger partial charge in [0.2, 0.25) is 0 Å². The number of carbonyl (C=O) groups excluding carboxylic acids is 1. The summed E-state index contributed by atoms with van der Waals surface area (Å²) >= 11 is 0. The molecule has 0 aromatic heterocycles. The van der Waals surface area contributed by atoms with Gasteiger partial charge in [-0.05, 0) is 39.2 Å². The van der Waals surface area contributed by atoms with Gasteiger partial charge in [-0.1, -0.05) is 32.6 Å². The fourth-order valence-electron chi connectivity index (χ4n) is 4.00. The summed E-state index contributed by atoms with van der Waals surface area (Å²) in [4.78, 5) is 12.7. The summed E-state index contributed by atoms with van der Waals surface area (Å²) in [7, 11) is 0. The molecular formula is C17H32N2O2. The van der Waals surface area contributed by atoms with Gasteiger partial charge < -0.3 is 10.1 Å². The van der Waals surface area contributed by atoms with Crippen molar-refractivity contribution in [1.29, 1.82) is 0 Å². The van der Waals surface area contributed by atoms with Crippen LogP contribution in [0.25, 0.3) is 0 Å². The van der Waals surface area contributed by atoms with E-state index in [9.17, 15) is 4.79 Å². The molecule has 21 heavy (non-hydrogen) atoms. The smallest absolute Gasteiger partial charge is 0.326 e. The lowest BCUT2D eigenvalue weighted by molar-refractivity contribution is -0.156. The second-order valence-corrected chi connectivity index (χ2v) is 6.58. The molecule has 4 nitrogen and oxygen atoms in total. The highest BCUT2D eigenvalue weighted by Crippen LogP contribution is 2.31. The quantitative estimate of drug-likeness (QED) is 0.605. The molecule has 1 saturated heterocycles. The van der Waals surface area contributed by atoms with Crippen LogP contribution < -0.4 is 10.6 Å². The Morgan fingerprint density at radius 2 is 1.95 bits per heavy atom. The number of hydrogen-bond acceptors (Lipinski definition) is 4.